The topological polar surface area (TPSA) is 57.6 Å². The molecule has 0 radical (unpaired) electrons. The molecule has 1 amide bonds. The van der Waals surface area contributed by atoms with Crippen LogP contribution in [-0.4, -0.2) is 48.2 Å². The minimum atomic E-state index is 0.206. The lowest BCUT2D eigenvalue weighted by atomic mass is 9.83. The van der Waals surface area contributed by atoms with Gasteiger partial charge in [0.25, 0.3) is 0 Å². The van der Waals surface area contributed by atoms with Gasteiger partial charge >= 0.3 is 0 Å². The lowest BCUT2D eigenvalue weighted by Crippen LogP contribution is -2.43. The molecule has 2 aromatic rings. The Morgan fingerprint density at radius 2 is 1.97 bits per heavy atom. The zero-order chi connectivity index (χ0) is 19.5. The average Bonchev–Trinajstić information content (AvgIpc) is 3.64. The first kappa shape index (κ1) is 17.6. The number of pyridine rings is 1. The van der Waals surface area contributed by atoms with Gasteiger partial charge in [0.1, 0.15) is 6.04 Å². The summed E-state index contributed by atoms with van der Waals surface area (Å²) in [5.41, 5.74) is 3.62. The largest absolute Gasteiger partial charge is 0.342 e. The Bertz CT molecular complexity index is 986. The predicted molar refractivity (Wildman–Crippen MR) is 114 cm³/mol. The summed E-state index contributed by atoms with van der Waals surface area (Å²) in [6, 6.07) is 8.89. The Balaban J connectivity index is 1.25. The highest BCUT2D eigenvalue weighted by Crippen LogP contribution is 2.51. The maximum atomic E-state index is 13.1. The van der Waals surface area contributed by atoms with Crippen molar-refractivity contribution in [2.45, 2.75) is 31.7 Å². The normalized spacial score (nSPS) is 35.0. The Hall–Kier alpha value is -2.27. The van der Waals surface area contributed by atoms with E-state index < -0.39 is 0 Å². The van der Waals surface area contributed by atoms with E-state index in [1.54, 1.807) is 0 Å². The number of aliphatic imine (C=N–C) groups is 1. The first-order valence-electron chi connectivity index (χ1n) is 11.1. The SMILES string of the molecule is C[C@@H]1C[C@H](c2ccc(C3C=N3)c3ncccc23)CN(C(=O)C[C@H]2[C@@H]3CNC[C@@H]32)C1. The van der Waals surface area contributed by atoms with E-state index in [0.717, 1.165) is 56.4 Å². The smallest absolute Gasteiger partial charge is 0.222 e. The molecule has 4 heterocycles. The van der Waals surface area contributed by atoms with Gasteiger partial charge in [-0.2, -0.15) is 0 Å². The summed E-state index contributed by atoms with van der Waals surface area (Å²) in [6.45, 7) is 6.25. The van der Waals surface area contributed by atoms with Gasteiger partial charge < -0.3 is 10.2 Å². The molecule has 6 atom stereocenters. The molecular formula is C24H28N4O. The van der Waals surface area contributed by atoms with Gasteiger partial charge in [-0.15, -0.1) is 0 Å². The second-order valence-electron chi connectivity index (χ2n) is 9.58. The van der Waals surface area contributed by atoms with Crippen LogP contribution in [0.15, 0.2) is 35.5 Å². The van der Waals surface area contributed by atoms with E-state index in [9.17, 15) is 4.79 Å². The second-order valence-corrected chi connectivity index (χ2v) is 9.58. The molecule has 3 fully saturated rings. The van der Waals surface area contributed by atoms with Gasteiger partial charge in [0, 0.05) is 48.8 Å². The Morgan fingerprint density at radius 1 is 1.17 bits per heavy atom. The van der Waals surface area contributed by atoms with E-state index in [-0.39, 0.29) is 6.04 Å². The molecule has 1 aromatic carbocycles. The monoisotopic (exact) mass is 388 g/mol. The summed E-state index contributed by atoms with van der Waals surface area (Å²) in [4.78, 5) is 24.3. The first-order valence-corrected chi connectivity index (χ1v) is 11.1. The highest BCUT2D eigenvalue weighted by molar-refractivity contribution is 5.92. The summed E-state index contributed by atoms with van der Waals surface area (Å²) in [5, 5.41) is 4.67. The number of benzene rings is 1. The molecule has 29 heavy (non-hydrogen) atoms. The van der Waals surface area contributed by atoms with Crippen molar-refractivity contribution in [3.63, 3.8) is 0 Å². The quantitative estimate of drug-likeness (QED) is 0.875. The third kappa shape index (κ3) is 3.07. The van der Waals surface area contributed by atoms with Crippen LogP contribution in [0.3, 0.4) is 0 Å². The van der Waals surface area contributed by atoms with Gasteiger partial charge in [-0.05, 0) is 54.8 Å². The molecule has 3 aliphatic heterocycles. The third-order valence-corrected chi connectivity index (χ3v) is 7.58. The Labute approximate surface area is 171 Å². The standard InChI is InChI=1S/C24H28N4O/c1-14-7-15(13-28(12-14)23(29)8-19-20-9-25-10-21(19)20)16-4-5-18(22-11-27-22)24-17(16)3-2-6-26-24/h2-6,11,14-15,19-22,25H,7-10,12-13H2,1H3/t14-,15+,19-,20-,21+,22?/m1/s1. The first-order chi connectivity index (χ1) is 14.2. The summed E-state index contributed by atoms with van der Waals surface area (Å²) in [6.07, 6.45) is 5.73. The Morgan fingerprint density at radius 3 is 2.76 bits per heavy atom. The molecule has 0 bridgehead atoms. The maximum Gasteiger partial charge on any atom is 0.222 e. The lowest BCUT2D eigenvalue weighted by Gasteiger charge is -2.37. The van der Waals surface area contributed by atoms with Crippen LogP contribution in [0.4, 0.5) is 0 Å². The summed E-state index contributed by atoms with van der Waals surface area (Å²) in [7, 11) is 0. The second kappa shape index (κ2) is 6.63. The van der Waals surface area contributed by atoms with Crippen molar-refractivity contribution in [2.24, 2.45) is 28.7 Å². The molecule has 150 valence electrons. The van der Waals surface area contributed by atoms with Crippen LogP contribution in [0.1, 0.15) is 42.9 Å². The van der Waals surface area contributed by atoms with Crippen LogP contribution in [0.5, 0.6) is 0 Å². The van der Waals surface area contributed by atoms with Crippen molar-refractivity contribution in [3.8, 4) is 0 Å². The van der Waals surface area contributed by atoms with Crippen LogP contribution in [0, 0.1) is 23.7 Å². The number of nitrogens with zero attached hydrogens (tertiary/aromatic N) is 3. The van der Waals surface area contributed by atoms with E-state index in [0.29, 0.717) is 23.7 Å². The molecular weight excluding hydrogens is 360 g/mol. The van der Waals surface area contributed by atoms with Gasteiger partial charge in [-0.25, -0.2) is 0 Å². The lowest BCUT2D eigenvalue weighted by molar-refractivity contribution is -0.133. The fourth-order valence-corrected chi connectivity index (χ4v) is 5.98. The molecule has 0 spiro atoms. The highest BCUT2D eigenvalue weighted by atomic mass is 16.2. The van der Waals surface area contributed by atoms with E-state index in [1.165, 1.54) is 16.5 Å². The molecule has 1 saturated carbocycles. The number of hydrogen-bond acceptors (Lipinski definition) is 4. The van der Waals surface area contributed by atoms with E-state index in [2.05, 4.69) is 45.3 Å². The number of aromatic nitrogens is 1. The number of piperidine rings is 2. The molecule has 2 saturated heterocycles. The fourth-order valence-electron chi connectivity index (χ4n) is 5.98. The zero-order valence-corrected chi connectivity index (χ0v) is 16.9. The van der Waals surface area contributed by atoms with Gasteiger partial charge in [0.2, 0.25) is 5.91 Å². The average molecular weight is 389 g/mol. The number of likely N-dealkylation sites (tertiary alicyclic amines) is 1. The Kier molecular flexibility index (Phi) is 4.02. The van der Waals surface area contributed by atoms with Crippen molar-refractivity contribution in [1.29, 1.82) is 0 Å². The molecule has 5 heteroatoms. The fraction of sp³-hybridized carbons (Fsp3) is 0.542. The van der Waals surface area contributed by atoms with E-state index >= 15 is 0 Å². The van der Waals surface area contributed by atoms with Crippen LogP contribution < -0.4 is 5.32 Å². The number of hydrogen-bond donors (Lipinski definition) is 1. The molecule has 1 aromatic heterocycles. The number of carbonyl (C=O) groups excluding carboxylic acids is 1. The van der Waals surface area contributed by atoms with Crippen LogP contribution in [-0.2, 0) is 4.79 Å². The molecule has 4 aliphatic rings. The highest BCUT2D eigenvalue weighted by Gasteiger charge is 2.53. The van der Waals surface area contributed by atoms with Crippen molar-refractivity contribution in [2.75, 3.05) is 26.2 Å². The molecule has 5 nitrogen and oxygen atoms in total. The van der Waals surface area contributed by atoms with Gasteiger partial charge in [-0.3, -0.25) is 14.8 Å². The van der Waals surface area contributed by atoms with Gasteiger partial charge in [-0.1, -0.05) is 25.1 Å². The number of rotatable bonds is 4. The van der Waals surface area contributed by atoms with E-state index in [4.69, 9.17) is 0 Å². The van der Waals surface area contributed by atoms with Gasteiger partial charge in [0.05, 0.1) is 5.52 Å². The summed E-state index contributed by atoms with van der Waals surface area (Å²) in [5.74, 6) is 3.40. The summed E-state index contributed by atoms with van der Waals surface area (Å²) < 4.78 is 0. The number of amides is 1. The van der Waals surface area contributed by atoms with E-state index in [1.807, 2.05) is 18.5 Å². The molecule has 6 rings (SSSR count). The van der Waals surface area contributed by atoms with Crippen molar-refractivity contribution < 1.29 is 4.79 Å². The molecule has 1 N–H and O–H groups in total. The minimum absolute atomic E-state index is 0.206. The summed E-state index contributed by atoms with van der Waals surface area (Å²) >= 11 is 0. The van der Waals surface area contributed by atoms with Crippen LogP contribution >= 0.6 is 0 Å². The molecule has 1 unspecified atom stereocenters. The third-order valence-electron chi connectivity index (χ3n) is 7.58. The number of carbonyl (C=O) groups is 1. The van der Waals surface area contributed by atoms with Crippen LogP contribution in [0.25, 0.3) is 10.9 Å². The minimum Gasteiger partial charge on any atom is -0.342 e. The predicted octanol–water partition coefficient (Wildman–Crippen LogP) is 3.17. The number of fused-ring (bicyclic) bond motifs is 2. The van der Waals surface area contributed by atoms with Gasteiger partial charge in [0.15, 0.2) is 0 Å². The zero-order valence-electron chi connectivity index (χ0n) is 16.9. The van der Waals surface area contributed by atoms with Crippen molar-refractivity contribution in [1.82, 2.24) is 15.2 Å². The maximum absolute atomic E-state index is 13.1. The van der Waals surface area contributed by atoms with Crippen LogP contribution in [0.2, 0.25) is 0 Å². The molecule has 1 aliphatic carbocycles. The van der Waals surface area contributed by atoms with Crippen molar-refractivity contribution >= 4 is 23.0 Å². The van der Waals surface area contributed by atoms with Crippen molar-refractivity contribution in [3.05, 3.63) is 41.6 Å². The number of nitrogens with one attached hydrogen (secondary N) is 1.